The van der Waals surface area contributed by atoms with Gasteiger partial charge in [0.25, 0.3) is 11.8 Å². The van der Waals surface area contributed by atoms with Gasteiger partial charge in [0.2, 0.25) is 0 Å². The summed E-state index contributed by atoms with van der Waals surface area (Å²) in [5, 5.41) is 2.80. The smallest absolute Gasteiger partial charge is 0.279 e. The van der Waals surface area contributed by atoms with Crippen LogP contribution in [0.4, 0.5) is 5.69 Å². The fourth-order valence-corrected chi connectivity index (χ4v) is 1.92. The highest BCUT2D eigenvalue weighted by molar-refractivity contribution is 9.10. The minimum Gasteiger partial charge on any atom is -0.344 e. The molecule has 19 heavy (non-hydrogen) atoms. The molecule has 1 unspecified atom stereocenters. The third kappa shape index (κ3) is 5.85. The van der Waals surface area contributed by atoms with Gasteiger partial charge < -0.3 is 15.1 Å². The van der Waals surface area contributed by atoms with Crippen LogP contribution in [-0.2, 0) is 9.59 Å². The molecule has 0 heterocycles. The largest absolute Gasteiger partial charge is 0.344 e. The summed E-state index contributed by atoms with van der Waals surface area (Å²) in [5.74, 6) is -0.102. The van der Waals surface area contributed by atoms with Gasteiger partial charge in [0.15, 0.2) is 13.1 Å². The van der Waals surface area contributed by atoms with Gasteiger partial charge in [-0.2, -0.15) is 0 Å². The maximum Gasteiger partial charge on any atom is 0.279 e. The highest BCUT2D eigenvalue weighted by Crippen LogP contribution is 2.15. The number of quaternary nitrogens is 1. The molecule has 0 fully saturated rings. The number of nitrogens with zero attached hydrogens (tertiary/aromatic N) is 1. The highest BCUT2D eigenvalue weighted by atomic mass is 79.9. The predicted molar refractivity (Wildman–Crippen MR) is 78.1 cm³/mol. The number of halogens is 1. The topological polar surface area (TPSA) is 53.9 Å². The van der Waals surface area contributed by atoms with E-state index in [0.29, 0.717) is 6.54 Å². The SMILES string of the molecule is CN(C)C(=O)C[NH+](C)CC(=O)Nc1cccc(Br)c1. The first-order valence-corrected chi connectivity index (χ1v) is 6.74. The van der Waals surface area contributed by atoms with E-state index >= 15 is 0 Å². The molecule has 1 rings (SSSR count). The molecule has 104 valence electrons. The maximum absolute atomic E-state index is 11.8. The van der Waals surface area contributed by atoms with Crippen molar-refractivity contribution < 1.29 is 14.5 Å². The number of benzene rings is 1. The van der Waals surface area contributed by atoms with Crippen LogP contribution in [0.3, 0.4) is 0 Å². The van der Waals surface area contributed by atoms with Crippen molar-refractivity contribution in [3.05, 3.63) is 28.7 Å². The fraction of sp³-hybridized carbons (Fsp3) is 0.385. The Morgan fingerprint density at radius 2 is 2.00 bits per heavy atom. The second-order valence-electron chi connectivity index (χ2n) is 4.66. The zero-order valence-corrected chi connectivity index (χ0v) is 13.0. The van der Waals surface area contributed by atoms with Gasteiger partial charge in [-0.05, 0) is 18.2 Å². The van der Waals surface area contributed by atoms with E-state index in [1.807, 2.05) is 31.3 Å². The Bertz CT molecular complexity index is 463. The van der Waals surface area contributed by atoms with Crippen molar-refractivity contribution in [1.29, 1.82) is 0 Å². The molecular weight excluding hydrogens is 310 g/mol. The Balaban J connectivity index is 2.45. The lowest BCUT2D eigenvalue weighted by molar-refractivity contribution is -0.862. The third-order valence-corrected chi connectivity index (χ3v) is 3.02. The van der Waals surface area contributed by atoms with Gasteiger partial charge in [-0.25, -0.2) is 0 Å². The molecule has 0 spiro atoms. The number of likely N-dealkylation sites (N-methyl/N-ethyl adjacent to an activating group) is 2. The lowest BCUT2D eigenvalue weighted by atomic mass is 10.3. The second-order valence-corrected chi connectivity index (χ2v) is 5.57. The van der Waals surface area contributed by atoms with Crippen molar-refractivity contribution in [1.82, 2.24) is 4.90 Å². The van der Waals surface area contributed by atoms with Gasteiger partial charge in [0.05, 0.1) is 7.05 Å². The molecule has 2 amide bonds. The molecule has 6 heteroatoms. The molecular formula is C13H19BrN3O2+. The van der Waals surface area contributed by atoms with E-state index in [2.05, 4.69) is 21.2 Å². The Hall–Kier alpha value is -1.40. The molecule has 2 N–H and O–H groups in total. The molecule has 0 saturated carbocycles. The van der Waals surface area contributed by atoms with Gasteiger partial charge in [-0.15, -0.1) is 0 Å². The van der Waals surface area contributed by atoms with E-state index in [-0.39, 0.29) is 18.4 Å². The Morgan fingerprint density at radius 3 is 2.58 bits per heavy atom. The Morgan fingerprint density at radius 1 is 1.32 bits per heavy atom. The maximum atomic E-state index is 11.8. The lowest BCUT2D eigenvalue weighted by Crippen LogP contribution is -3.11. The summed E-state index contributed by atoms with van der Waals surface area (Å²) in [5.41, 5.74) is 0.742. The van der Waals surface area contributed by atoms with E-state index in [0.717, 1.165) is 15.1 Å². The molecule has 1 aromatic rings. The zero-order chi connectivity index (χ0) is 14.4. The first-order valence-electron chi connectivity index (χ1n) is 5.95. The van der Waals surface area contributed by atoms with Crippen LogP contribution in [0.1, 0.15) is 0 Å². The number of nitrogens with one attached hydrogen (secondary N) is 2. The first kappa shape index (κ1) is 15.7. The Labute approximate surface area is 121 Å². The van der Waals surface area contributed by atoms with Crippen LogP contribution in [0.5, 0.6) is 0 Å². The molecule has 0 aromatic heterocycles. The van der Waals surface area contributed by atoms with Crippen LogP contribution in [0.2, 0.25) is 0 Å². The van der Waals surface area contributed by atoms with Crippen LogP contribution in [0.15, 0.2) is 28.7 Å². The highest BCUT2D eigenvalue weighted by Gasteiger charge is 2.15. The van der Waals surface area contributed by atoms with Gasteiger partial charge in [-0.3, -0.25) is 9.59 Å². The predicted octanol–water partition coefficient (Wildman–Crippen LogP) is -0.00950. The summed E-state index contributed by atoms with van der Waals surface area (Å²) in [6, 6.07) is 7.40. The van der Waals surface area contributed by atoms with Crippen molar-refractivity contribution >= 4 is 33.4 Å². The number of hydrogen-bond donors (Lipinski definition) is 2. The summed E-state index contributed by atoms with van der Waals surface area (Å²) < 4.78 is 0.911. The second kappa shape index (κ2) is 7.25. The molecule has 0 bridgehead atoms. The molecule has 1 atom stereocenters. The number of rotatable bonds is 5. The van der Waals surface area contributed by atoms with E-state index < -0.39 is 0 Å². The lowest BCUT2D eigenvalue weighted by Gasteiger charge is -2.16. The minimum atomic E-state index is -0.109. The van der Waals surface area contributed by atoms with Crippen LogP contribution in [-0.4, -0.2) is 50.9 Å². The molecule has 0 aliphatic heterocycles. The summed E-state index contributed by atoms with van der Waals surface area (Å²) in [6.07, 6.45) is 0. The van der Waals surface area contributed by atoms with Crippen LogP contribution < -0.4 is 10.2 Å². The summed E-state index contributed by atoms with van der Waals surface area (Å²) in [7, 11) is 5.23. The van der Waals surface area contributed by atoms with E-state index in [1.165, 1.54) is 4.90 Å². The number of hydrogen-bond acceptors (Lipinski definition) is 2. The fourth-order valence-electron chi connectivity index (χ4n) is 1.52. The molecule has 0 aliphatic carbocycles. The van der Waals surface area contributed by atoms with E-state index in [1.54, 1.807) is 14.1 Å². The normalized spacial score (nSPS) is 11.8. The number of carbonyl (C=O) groups excluding carboxylic acids is 2. The number of carbonyl (C=O) groups is 2. The molecule has 0 aliphatic rings. The monoisotopic (exact) mass is 328 g/mol. The molecule has 1 aromatic carbocycles. The summed E-state index contributed by atoms with van der Waals surface area (Å²) >= 11 is 3.34. The van der Waals surface area contributed by atoms with E-state index in [4.69, 9.17) is 0 Å². The van der Waals surface area contributed by atoms with Crippen molar-refractivity contribution in [2.24, 2.45) is 0 Å². The van der Waals surface area contributed by atoms with Crippen molar-refractivity contribution in [2.45, 2.75) is 0 Å². The minimum absolute atomic E-state index is 0.00718. The van der Waals surface area contributed by atoms with Gasteiger partial charge in [0, 0.05) is 24.3 Å². The Kier molecular flexibility index (Phi) is 5.98. The first-order chi connectivity index (χ1) is 8.88. The standard InChI is InChI=1S/C13H18BrN3O2/c1-16(2)13(19)9-17(3)8-12(18)15-11-6-4-5-10(14)7-11/h4-7H,8-9H2,1-3H3,(H,15,18)/p+1. The van der Waals surface area contributed by atoms with Crippen molar-refractivity contribution in [3.8, 4) is 0 Å². The quantitative estimate of drug-likeness (QED) is 0.798. The van der Waals surface area contributed by atoms with Gasteiger partial charge in [-0.1, -0.05) is 22.0 Å². The average molecular weight is 329 g/mol. The molecule has 0 radical (unpaired) electrons. The van der Waals surface area contributed by atoms with E-state index in [9.17, 15) is 9.59 Å². The molecule has 0 saturated heterocycles. The van der Waals surface area contributed by atoms with Gasteiger partial charge >= 0.3 is 0 Å². The van der Waals surface area contributed by atoms with Crippen molar-refractivity contribution in [2.75, 3.05) is 39.5 Å². The molecule has 5 nitrogen and oxygen atoms in total. The number of amides is 2. The van der Waals surface area contributed by atoms with Gasteiger partial charge in [0.1, 0.15) is 0 Å². The zero-order valence-electron chi connectivity index (χ0n) is 11.4. The summed E-state index contributed by atoms with van der Waals surface area (Å²) in [6.45, 7) is 0.561. The van der Waals surface area contributed by atoms with Crippen molar-refractivity contribution in [3.63, 3.8) is 0 Å². The third-order valence-electron chi connectivity index (χ3n) is 2.52. The van der Waals surface area contributed by atoms with Crippen LogP contribution >= 0.6 is 15.9 Å². The summed E-state index contributed by atoms with van der Waals surface area (Å²) in [4.78, 5) is 25.7. The number of anilines is 1. The van der Waals surface area contributed by atoms with Crippen LogP contribution in [0, 0.1) is 0 Å². The average Bonchev–Trinajstić information content (AvgIpc) is 2.27. The van der Waals surface area contributed by atoms with Crippen LogP contribution in [0.25, 0.3) is 0 Å².